The predicted molar refractivity (Wildman–Crippen MR) is 124 cm³/mol. The summed E-state index contributed by atoms with van der Waals surface area (Å²) >= 11 is 0. The number of carbonyl (C=O) groups is 2. The van der Waals surface area contributed by atoms with Crippen molar-refractivity contribution < 1.29 is 19.4 Å². The van der Waals surface area contributed by atoms with E-state index in [0.29, 0.717) is 16.8 Å². The van der Waals surface area contributed by atoms with Gasteiger partial charge in [0.15, 0.2) is 0 Å². The van der Waals surface area contributed by atoms with Crippen LogP contribution in [0.2, 0.25) is 0 Å². The Morgan fingerprint density at radius 2 is 1.66 bits per heavy atom. The van der Waals surface area contributed by atoms with Crippen molar-refractivity contribution in [3.8, 4) is 23.5 Å². The smallest absolute Gasteiger partial charge is 0.414 e. The third-order valence-corrected chi connectivity index (χ3v) is 5.92. The molecule has 3 aromatic rings. The molecule has 4 rings (SSSR count). The van der Waals surface area contributed by atoms with Gasteiger partial charge in [0.25, 0.3) is 0 Å². The fourth-order valence-corrected chi connectivity index (χ4v) is 4.32. The van der Waals surface area contributed by atoms with Gasteiger partial charge in [-0.2, -0.15) is 0 Å². The zero-order chi connectivity index (χ0) is 22.8. The molecule has 32 heavy (non-hydrogen) atoms. The molecule has 0 saturated heterocycles. The lowest BCUT2D eigenvalue weighted by Crippen LogP contribution is -2.29. The first-order valence-corrected chi connectivity index (χ1v) is 10.3. The van der Waals surface area contributed by atoms with Gasteiger partial charge in [-0.25, -0.2) is 4.79 Å². The van der Waals surface area contributed by atoms with Gasteiger partial charge in [0, 0.05) is 18.5 Å². The highest BCUT2D eigenvalue weighted by molar-refractivity contribution is 5.89. The first-order valence-electron chi connectivity index (χ1n) is 10.3. The van der Waals surface area contributed by atoms with Crippen LogP contribution in [-0.4, -0.2) is 30.8 Å². The molecule has 0 saturated carbocycles. The first kappa shape index (κ1) is 21.2. The van der Waals surface area contributed by atoms with E-state index in [1.165, 1.54) is 4.90 Å². The lowest BCUT2D eigenvalue weighted by Gasteiger charge is -2.22. The molecule has 0 aliphatic heterocycles. The van der Waals surface area contributed by atoms with Crippen molar-refractivity contribution in [2.45, 2.75) is 19.3 Å². The van der Waals surface area contributed by atoms with Gasteiger partial charge in [0.2, 0.25) is 0 Å². The molecule has 160 valence electrons. The highest BCUT2D eigenvalue weighted by Crippen LogP contribution is 2.44. The molecular formula is C27H23NO4. The molecule has 1 aliphatic rings. The fraction of sp³-hybridized carbons (Fsp3) is 0.185. The van der Waals surface area contributed by atoms with E-state index in [1.807, 2.05) is 31.2 Å². The van der Waals surface area contributed by atoms with Crippen LogP contribution in [0, 0.1) is 19.3 Å². The molecule has 0 fully saturated rings. The topological polar surface area (TPSA) is 66.8 Å². The van der Waals surface area contributed by atoms with Crippen molar-refractivity contribution in [2.75, 3.05) is 18.6 Å². The maximum absolute atomic E-state index is 12.9. The molecule has 3 aromatic carbocycles. The van der Waals surface area contributed by atoms with Crippen LogP contribution in [0.3, 0.4) is 0 Å². The van der Waals surface area contributed by atoms with Crippen molar-refractivity contribution in [1.29, 1.82) is 0 Å². The van der Waals surface area contributed by atoms with Gasteiger partial charge in [-0.15, -0.1) is 6.42 Å². The number of hydrogen-bond acceptors (Lipinski definition) is 3. The molecule has 1 amide bonds. The second kappa shape index (κ2) is 8.60. The van der Waals surface area contributed by atoms with E-state index in [2.05, 4.69) is 30.2 Å². The SMILES string of the molecule is C#Cc1cc(CC(=O)O)cc(N(C)C(=O)OCC2c3ccccc3-c3ccccc32)c1C. The largest absolute Gasteiger partial charge is 0.481 e. The average Bonchev–Trinajstić information content (AvgIpc) is 3.11. The number of rotatable bonds is 5. The highest BCUT2D eigenvalue weighted by atomic mass is 16.6. The van der Waals surface area contributed by atoms with E-state index in [4.69, 9.17) is 16.3 Å². The molecule has 0 bridgehead atoms. The van der Waals surface area contributed by atoms with Gasteiger partial charge in [0.1, 0.15) is 6.61 Å². The molecule has 5 nitrogen and oxygen atoms in total. The number of carboxylic acids is 1. The molecule has 0 unspecified atom stereocenters. The number of benzene rings is 3. The molecule has 0 aromatic heterocycles. The first-order chi connectivity index (χ1) is 15.4. The molecule has 5 heteroatoms. The summed E-state index contributed by atoms with van der Waals surface area (Å²) in [5.41, 5.74) is 6.94. The monoisotopic (exact) mass is 425 g/mol. The van der Waals surface area contributed by atoms with Crippen LogP contribution in [0.4, 0.5) is 10.5 Å². The van der Waals surface area contributed by atoms with E-state index in [1.54, 1.807) is 19.2 Å². The van der Waals surface area contributed by atoms with Crippen LogP contribution in [0.15, 0.2) is 60.7 Å². The number of aliphatic carboxylic acids is 1. The predicted octanol–water partition coefficient (Wildman–Crippen LogP) is 4.99. The third-order valence-electron chi connectivity index (χ3n) is 5.92. The number of nitrogens with zero attached hydrogens (tertiary/aromatic N) is 1. The van der Waals surface area contributed by atoms with Crippen molar-refractivity contribution in [3.63, 3.8) is 0 Å². The van der Waals surface area contributed by atoms with Gasteiger partial charge in [-0.3, -0.25) is 9.69 Å². The third kappa shape index (κ3) is 3.83. The van der Waals surface area contributed by atoms with Gasteiger partial charge in [0.05, 0.1) is 12.1 Å². The minimum Gasteiger partial charge on any atom is -0.481 e. The Morgan fingerprint density at radius 1 is 1.06 bits per heavy atom. The zero-order valence-electron chi connectivity index (χ0n) is 18.0. The Morgan fingerprint density at radius 3 is 2.22 bits per heavy atom. The number of carbonyl (C=O) groups excluding carboxylic acids is 1. The maximum Gasteiger partial charge on any atom is 0.414 e. The quantitative estimate of drug-likeness (QED) is 0.585. The summed E-state index contributed by atoms with van der Waals surface area (Å²) in [6, 6.07) is 19.6. The van der Waals surface area contributed by atoms with E-state index in [9.17, 15) is 9.59 Å². The summed E-state index contributed by atoms with van der Waals surface area (Å²) in [4.78, 5) is 25.5. The summed E-state index contributed by atoms with van der Waals surface area (Å²) in [5.74, 6) is 1.56. The van der Waals surface area contributed by atoms with Gasteiger partial charge in [-0.1, -0.05) is 54.5 Å². The standard InChI is InChI=1S/C27H23NO4/c1-4-19-13-18(15-26(29)30)14-25(17(19)2)28(3)27(31)32-16-24-22-11-7-5-9-20(22)21-10-6-8-12-23(21)24/h1,5-14,24H,15-16H2,2-3H3,(H,29,30). The van der Waals surface area contributed by atoms with Crippen LogP contribution in [0.1, 0.15) is 33.7 Å². The van der Waals surface area contributed by atoms with Crippen molar-refractivity contribution in [3.05, 3.63) is 88.5 Å². The minimum atomic E-state index is -0.966. The minimum absolute atomic E-state index is 0.0412. The van der Waals surface area contributed by atoms with Gasteiger partial charge < -0.3 is 9.84 Å². The highest BCUT2D eigenvalue weighted by Gasteiger charge is 2.29. The Hall–Kier alpha value is -4.04. The molecule has 1 aliphatic carbocycles. The molecule has 0 atom stereocenters. The van der Waals surface area contributed by atoms with Crippen LogP contribution in [-0.2, 0) is 16.0 Å². The molecule has 0 radical (unpaired) electrons. The summed E-state index contributed by atoms with van der Waals surface area (Å²) in [5, 5.41) is 9.15. The average molecular weight is 425 g/mol. The van der Waals surface area contributed by atoms with E-state index in [-0.39, 0.29) is 18.9 Å². The summed E-state index contributed by atoms with van der Waals surface area (Å²) < 4.78 is 5.72. The van der Waals surface area contributed by atoms with Crippen LogP contribution in [0.25, 0.3) is 11.1 Å². The van der Waals surface area contributed by atoms with E-state index in [0.717, 1.165) is 27.8 Å². The van der Waals surface area contributed by atoms with Crippen LogP contribution >= 0.6 is 0 Å². The lowest BCUT2D eigenvalue weighted by molar-refractivity contribution is -0.136. The van der Waals surface area contributed by atoms with E-state index < -0.39 is 12.1 Å². The lowest BCUT2D eigenvalue weighted by atomic mass is 9.98. The maximum atomic E-state index is 12.9. The van der Waals surface area contributed by atoms with Gasteiger partial charge in [-0.05, 0) is 52.4 Å². The molecule has 0 heterocycles. The second-order valence-corrected chi connectivity index (χ2v) is 7.87. The Balaban J connectivity index is 1.57. The fourth-order valence-electron chi connectivity index (χ4n) is 4.32. The number of amides is 1. The summed E-state index contributed by atoms with van der Waals surface area (Å²) in [6.07, 6.45) is 4.89. The molecular weight excluding hydrogens is 402 g/mol. The Labute approximate surface area is 187 Å². The van der Waals surface area contributed by atoms with E-state index >= 15 is 0 Å². The second-order valence-electron chi connectivity index (χ2n) is 7.87. The normalized spacial score (nSPS) is 11.9. The number of ether oxygens (including phenoxy) is 1. The summed E-state index contributed by atoms with van der Waals surface area (Å²) in [7, 11) is 1.60. The Kier molecular flexibility index (Phi) is 5.70. The Bertz CT molecular complexity index is 1210. The van der Waals surface area contributed by atoms with Crippen molar-refractivity contribution >= 4 is 17.7 Å². The van der Waals surface area contributed by atoms with Crippen LogP contribution in [0.5, 0.6) is 0 Å². The van der Waals surface area contributed by atoms with Crippen LogP contribution < -0.4 is 4.90 Å². The number of hydrogen-bond donors (Lipinski definition) is 1. The number of anilines is 1. The number of terminal acetylenes is 1. The van der Waals surface area contributed by atoms with Crippen molar-refractivity contribution in [1.82, 2.24) is 0 Å². The number of fused-ring (bicyclic) bond motifs is 3. The summed E-state index contributed by atoms with van der Waals surface area (Å²) in [6.45, 7) is 2.01. The zero-order valence-corrected chi connectivity index (χ0v) is 18.0. The molecule has 1 N–H and O–H groups in total. The molecule has 0 spiro atoms. The van der Waals surface area contributed by atoms with Crippen molar-refractivity contribution in [2.24, 2.45) is 0 Å². The number of carboxylic acid groups (broad SMARTS) is 1. The van der Waals surface area contributed by atoms with Gasteiger partial charge >= 0.3 is 12.1 Å².